The van der Waals surface area contributed by atoms with Gasteiger partial charge in [0.15, 0.2) is 5.16 Å². The molecule has 26 heavy (non-hydrogen) atoms. The molecule has 0 aliphatic rings. The number of hydrogen-bond donors (Lipinski definition) is 0. The highest BCUT2D eigenvalue weighted by atomic mass is 35.5. The maximum absolute atomic E-state index is 12.6. The Hall–Kier alpha value is -2.82. The van der Waals surface area contributed by atoms with Crippen molar-refractivity contribution in [2.75, 3.05) is 17.2 Å². The van der Waals surface area contributed by atoms with Crippen molar-refractivity contribution < 1.29 is 4.79 Å². The number of anilines is 1. The van der Waals surface area contributed by atoms with Crippen molar-refractivity contribution in [3.05, 3.63) is 65.9 Å². The van der Waals surface area contributed by atoms with Crippen molar-refractivity contribution in [1.82, 2.24) is 14.8 Å². The molecule has 0 fully saturated rings. The summed E-state index contributed by atoms with van der Waals surface area (Å²) in [6.45, 7) is -0.00953. The number of thioether (sulfide) groups is 1. The molecule has 0 saturated carbocycles. The Kier molecular flexibility index (Phi) is 5.89. The van der Waals surface area contributed by atoms with Crippen LogP contribution in [-0.2, 0) is 4.79 Å². The Morgan fingerprint density at radius 2 is 2.04 bits per heavy atom. The normalized spacial score (nSPS) is 10.3. The second-order valence-electron chi connectivity index (χ2n) is 5.23. The molecule has 0 aliphatic carbocycles. The lowest BCUT2D eigenvalue weighted by atomic mass is 10.3. The maximum atomic E-state index is 12.6. The average molecular weight is 384 g/mol. The summed E-state index contributed by atoms with van der Waals surface area (Å²) in [7, 11) is 0. The average Bonchev–Trinajstić information content (AvgIpc) is 3.13. The second kappa shape index (κ2) is 8.52. The second-order valence-corrected chi connectivity index (χ2v) is 6.60. The standard InChI is InChI=1S/C18H14ClN5OS/c19-14-5-4-8-16(11-14)24-13-21-22-18(24)26-12-17(25)23(10-9-20)15-6-2-1-3-7-15/h1-8,11,13H,10,12H2. The molecular formula is C18H14ClN5OS. The van der Waals surface area contributed by atoms with Gasteiger partial charge in [-0.15, -0.1) is 10.2 Å². The molecule has 0 saturated heterocycles. The van der Waals surface area contributed by atoms with Crippen LogP contribution in [0.15, 0.2) is 66.1 Å². The molecule has 2 aromatic carbocycles. The Balaban J connectivity index is 1.74. The van der Waals surface area contributed by atoms with Gasteiger partial charge in [-0.3, -0.25) is 14.3 Å². The van der Waals surface area contributed by atoms with Crippen LogP contribution in [0.5, 0.6) is 0 Å². The Bertz CT molecular complexity index is 938. The number of hydrogen-bond acceptors (Lipinski definition) is 5. The van der Waals surface area contributed by atoms with Crippen molar-refractivity contribution in [2.45, 2.75) is 5.16 Å². The number of nitrogens with zero attached hydrogens (tertiary/aromatic N) is 5. The van der Waals surface area contributed by atoms with Gasteiger partial charge in [0.2, 0.25) is 5.91 Å². The summed E-state index contributed by atoms with van der Waals surface area (Å²) >= 11 is 7.29. The molecule has 0 spiro atoms. The number of amides is 1. The zero-order valence-electron chi connectivity index (χ0n) is 13.6. The van der Waals surface area contributed by atoms with Gasteiger partial charge in [0.25, 0.3) is 0 Å². The molecule has 0 aliphatic heterocycles. The van der Waals surface area contributed by atoms with Gasteiger partial charge in [-0.25, -0.2) is 0 Å². The van der Waals surface area contributed by atoms with E-state index < -0.39 is 0 Å². The first kappa shape index (κ1) is 18.0. The fraction of sp³-hybridized carbons (Fsp3) is 0.111. The molecule has 8 heteroatoms. The van der Waals surface area contributed by atoms with E-state index >= 15 is 0 Å². The molecule has 1 amide bonds. The SMILES string of the molecule is N#CCN(C(=O)CSc1nncn1-c1cccc(Cl)c1)c1ccccc1. The van der Waals surface area contributed by atoms with Crippen LogP contribution >= 0.6 is 23.4 Å². The van der Waals surface area contributed by atoms with E-state index in [0.717, 1.165) is 5.69 Å². The van der Waals surface area contributed by atoms with Gasteiger partial charge in [0, 0.05) is 10.7 Å². The predicted molar refractivity (Wildman–Crippen MR) is 102 cm³/mol. The minimum atomic E-state index is -0.177. The van der Waals surface area contributed by atoms with Gasteiger partial charge < -0.3 is 0 Å². The van der Waals surface area contributed by atoms with Crippen molar-refractivity contribution in [2.24, 2.45) is 0 Å². The minimum Gasteiger partial charge on any atom is -0.298 e. The highest BCUT2D eigenvalue weighted by Gasteiger charge is 2.17. The van der Waals surface area contributed by atoms with E-state index in [1.165, 1.54) is 16.7 Å². The van der Waals surface area contributed by atoms with Crippen LogP contribution in [0.2, 0.25) is 5.02 Å². The molecule has 1 aromatic heterocycles. The zero-order valence-corrected chi connectivity index (χ0v) is 15.2. The number of nitriles is 1. The highest BCUT2D eigenvalue weighted by molar-refractivity contribution is 7.99. The fourth-order valence-electron chi connectivity index (χ4n) is 2.33. The van der Waals surface area contributed by atoms with Gasteiger partial charge in [-0.2, -0.15) is 5.26 Å². The van der Waals surface area contributed by atoms with Crippen LogP contribution < -0.4 is 4.90 Å². The minimum absolute atomic E-state index is 0.00953. The summed E-state index contributed by atoms with van der Waals surface area (Å²) in [6, 6.07) is 18.4. The van der Waals surface area contributed by atoms with E-state index in [2.05, 4.69) is 10.2 Å². The first-order valence-corrected chi connectivity index (χ1v) is 9.06. The Morgan fingerprint density at radius 3 is 2.77 bits per heavy atom. The molecule has 130 valence electrons. The topological polar surface area (TPSA) is 74.8 Å². The summed E-state index contributed by atoms with van der Waals surface area (Å²) in [5.41, 5.74) is 1.50. The molecule has 1 heterocycles. The van der Waals surface area contributed by atoms with E-state index in [1.54, 1.807) is 35.2 Å². The Labute approximate surface area is 160 Å². The number of para-hydroxylation sites is 1. The summed E-state index contributed by atoms with van der Waals surface area (Å²) in [4.78, 5) is 14.1. The molecule has 0 unspecified atom stereocenters. The monoisotopic (exact) mass is 383 g/mol. The number of aromatic nitrogens is 3. The summed E-state index contributed by atoms with van der Waals surface area (Å²) < 4.78 is 1.76. The number of benzene rings is 2. The van der Waals surface area contributed by atoms with Gasteiger partial charge >= 0.3 is 0 Å². The van der Waals surface area contributed by atoms with Crippen LogP contribution in [0.4, 0.5) is 5.69 Å². The largest absolute Gasteiger partial charge is 0.298 e. The molecule has 0 N–H and O–H groups in total. The van der Waals surface area contributed by atoms with Crippen LogP contribution in [0.3, 0.4) is 0 Å². The van der Waals surface area contributed by atoms with E-state index in [0.29, 0.717) is 15.9 Å². The van der Waals surface area contributed by atoms with Crippen LogP contribution in [0.25, 0.3) is 5.69 Å². The van der Waals surface area contributed by atoms with Crippen LogP contribution in [-0.4, -0.2) is 33.0 Å². The van der Waals surface area contributed by atoms with Crippen LogP contribution in [0, 0.1) is 11.3 Å². The summed E-state index contributed by atoms with van der Waals surface area (Å²) in [5, 5.41) is 18.2. The molecule has 3 aromatic rings. The third-order valence-electron chi connectivity index (χ3n) is 3.53. The number of rotatable bonds is 6. The summed E-state index contributed by atoms with van der Waals surface area (Å²) in [5.74, 6) is -0.0427. The molecular weight excluding hydrogens is 370 g/mol. The summed E-state index contributed by atoms with van der Waals surface area (Å²) in [6.07, 6.45) is 1.57. The molecule has 0 radical (unpaired) electrons. The van der Waals surface area contributed by atoms with E-state index in [1.807, 2.05) is 36.4 Å². The number of carbonyl (C=O) groups excluding carboxylic acids is 1. The quantitative estimate of drug-likeness (QED) is 0.480. The fourth-order valence-corrected chi connectivity index (χ4v) is 3.32. The number of carbonyl (C=O) groups is 1. The molecule has 0 bridgehead atoms. The van der Waals surface area contributed by atoms with E-state index in [4.69, 9.17) is 16.9 Å². The van der Waals surface area contributed by atoms with Gasteiger partial charge in [-0.1, -0.05) is 47.6 Å². The molecule has 3 rings (SSSR count). The smallest absolute Gasteiger partial charge is 0.238 e. The zero-order chi connectivity index (χ0) is 18.4. The van der Waals surface area contributed by atoms with Crippen molar-refractivity contribution in [3.8, 4) is 11.8 Å². The third kappa shape index (κ3) is 4.23. The molecule has 6 nitrogen and oxygen atoms in total. The lowest BCUT2D eigenvalue weighted by Gasteiger charge is -2.19. The Morgan fingerprint density at radius 1 is 1.23 bits per heavy atom. The van der Waals surface area contributed by atoms with Crippen molar-refractivity contribution >= 4 is 35.0 Å². The highest BCUT2D eigenvalue weighted by Crippen LogP contribution is 2.23. The molecule has 0 atom stereocenters. The first-order chi connectivity index (χ1) is 12.7. The predicted octanol–water partition coefficient (Wildman–Crippen LogP) is 3.57. The third-order valence-corrected chi connectivity index (χ3v) is 4.69. The van der Waals surface area contributed by atoms with Gasteiger partial charge in [0.05, 0.1) is 17.5 Å². The van der Waals surface area contributed by atoms with E-state index in [9.17, 15) is 4.79 Å². The van der Waals surface area contributed by atoms with E-state index in [-0.39, 0.29) is 18.2 Å². The van der Waals surface area contributed by atoms with Crippen molar-refractivity contribution in [3.63, 3.8) is 0 Å². The van der Waals surface area contributed by atoms with Gasteiger partial charge in [-0.05, 0) is 30.3 Å². The number of halogens is 1. The van der Waals surface area contributed by atoms with Crippen molar-refractivity contribution in [1.29, 1.82) is 5.26 Å². The lowest BCUT2D eigenvalue weighted by molar-refractivity contribution is -0.116. The first-order valence-electron chi connectivity index (χ1n) is 7.70. The van der Waals surface area contributed by atoms with Crippen LogP contribution in [0.1, 0.15) is 0 Å². The maximum Gasteiger partial charge on any atom is 0.238 e. The lowest BCUT2D eigenvalue weighted by Crippen LogP contribution is -2.32. The van der Waals surface area contributed by atoms with Gasteiger partial charge in [0.1, 0.15) is 12.9 Å².